The van der Waals surface area contributed by atoms with E-state index in [9.17, 15) is 0 Å². The van der Waals surface area contributed by atoms with Gasteiger partial charge in [-0.25, -0.2) is 19.9 Å². The van der Waals surface area contributed by atoms with E-state index < -0.39 is 0 Å². The maximum absolute atomic E-state index is 4.72. The summed E-state index contributed by atoms with van der Waals surface area (Å²) in [5.74, 6) is 0. The highest BCUT2D eigenvalue weighted by atomic mass is 15.2. The SMILES string of the molecule is c1ccc2nc3c(nc2c1)n1ccnc1c1nccn13. The van der Waals surface area contributed by atoms with Crippen molar-refractivity contribution in [1.29, 1.82) is 0 Å². The Balaban J connectivity index is 2.19. The third-order valence-electron chi connectivity index (χ3n) is 3.47. The second kappa shape index (κ2) is 3.30. The van der Waals surface area contributed by atoms with Gasteiger partial charge in [-0.15, -0.1) is 0 Å². The van der Waals surface area contributed by atoms with Crippen LogP contribution in [0.4, 0.5) is 0 Å². The number of benzene rings is 1. The molecule has 6 nitrogen and oxygen atoms in total. The lowest BCUT2D eigenvalue weighted by molar-refractivity contribution is 1.11. The Morgan fingerprint density at radius 2 is 1.15 bits per heavy atom. The Morgan fingerprint density at radius 3 is 1.65 bits per heavy atom. The number of aromatic nitrogens is 6. The van der Waals surface area contributed by atoms with Crippen molar-refractivity contribution in [3.05, 3.63) is 49.1 Å². The molecule has 94 valence electrons. The van der Waals surface area contributed by atoms with E-state index >= 15 is 0 Å². The normalized spacial score (nSPS) is 12.0. The Bertz CT molecular complexity index is 1020. The maximum atomic E-state index is 4.72. The Morgan fingerprint density at radius 1 is 0.650 bits per heavy atom. The van der Waals surface area contributed by atoms with Crippen LogP contribution in [0, 0.1) is 0 Å². The van der Waals surface area contributed by atoms with Crippen molar-refractivity contribution in [3.63, 3.8) is 0 Å². The first-order valence-corrected chi connectivity index (χ1v) is 6.26. The van der Waals surface area contributed by atoms with Gasteiger partial charge < -0.3 is 0 Å². The fourth-order valence-corrected chi connectivity index (χ4v) is 2.58. The second-order valence-electron chi connectivity index (χ2n) is 4.60. The van der Waals surface area contributed by atoms with Crippen LogP contribution in [0.15, 0.2) is 49.1 Å². The number of fused-ring (bicyclic) bond motifs is 7. The molecule has 5 aromatic rings. The Hall–Kier alpha value is -3.02. The summed E-state index contributed by atoms with van der Waals surface area (Å²) in [6.07, 6.45) is 7.27. The van der Waals surface area contributed by atoms with E-state index in [0.717, 1.165) is 33.6 Å². The zero-order valence-electron chi connectivity index (χ0n) is 10.3. The van der Waals surface area contributed by atoms with E-state index in [4.69, 9.17) is 9.97 Å². The van der Waals surface area contributed by atoms with Crippen molar-refractivity contribution in [3.8, 4) is 0 Å². The molecule has 1 aromatic carbocycles. The molecule has 4 aromatic heterocycles. The highest BCUT2D eigenvalue weighted by molar-refractivity contribution is 5.87. The number of para-hydroxylation sites is 2. The summed E-state index contributed by atoms with van der Waals surface area (Å²) in [5.41, 5.74) is 4.87. The van der Waals surface area contributed by atoms with E-state index in [1.165, 1.54) is 0 Å². The number of rotatable bonds is 0. The summed E-state index contributed by atoms with van der Waals surface area (Å²) in [6, 6.07) is 7.85. The molecular weight excluding hydrogens is 252 g/mol. The summed E-state index contributed by atoms with van der Waals surface area (Å²) in [6.45, 7) is 0. The third-order valence-corrected chi connectivity index (χ3v) is 3.47. The minimum atomic E-state index is 0.779. The summed E-state index contributed by atoms with van der Waals surface area (Å²) >= 11 is 0. The molecule has 0 saturated carbocycles. The van der Waals surface area contributed by atoms with E-state index in [1.54, 1.807) is 12.4 Å². The number of hydrogen-bond acceptors (Lipinski definition) is 4. The average molecular weight is 260 g/mol. The van der Waals surface area contributed by atoms with Gasteiger partial charge in [0.25, 0.3) is 0 Å². The van der Waals surface area contributed by atoms with Gasteiger partial charge >= 0.3 is 0 Å². The van der Waals surface area contributed by atoms with Gasteiger partial charge in [0, 0.05) is 24.8 Å². The summed E-state index contributed by atoms with van der Waals surface area (Å²) < 4.78 is 3.86. The highest BCUT2D eigenvalue weighted by Gasteiger charge is 2.12. The van der Waals surface area contributed by atoms with Gasteiger partial charge in [-0.05, 0) is 12.1 Å². The van der Waals surface area contributed by atoms with Crippen LogP contribution < -0.4 is 0 Å². The first-order chi connectivity index (χ1) is 9.92. The molecule has 4 heterocycles. The standard InChI is InChI=1S/C14H8N6/c1-2-4-10-9(3-1)17-13-14(18-10)20-8-6-16-12(20)11-15-5-7-19(11)13/h1-8H. The fourth-order valence-electron chi connectivity index (χ4n) is 2.58. The zero-order chi connectivity index (χ0) is 13.1. The molecule has 0 aliphatic rings. The van der Waals surface area contributed by atoms with Gasteiger partial charge in [0.2, 0.25) is 0 Å². The van der Waals surface area contributed by atoms with Crippen LogP contribution in [-0.2, 0) is 0 Å². The van der Waals surface area contributed by atoms with Crippen LogP contribution in [0.3, 0.4) is 0 Å². The molecule has 0 N–H and O–H groups in total. The Labute approximate surface area is 112 Å². The van der Waals surface area contributed by atoms with E-state index in [2.05, 4.69) is 9.97 Å². The largest absolute Gasteiger partial charge is 0.278 e. The van der Waals surface area contributed by atoms with Gasteiger partial charge in [0.05, 0.1) is 11.0 Å². The van der Waals surface area contributed by atoms with Gasteiger partial charge in [0.1, 0.15) is 0 Å². The molecular formula is C14H8N6. The van der Waals surface area contributed by atoms with Crippen LogP contribution in [0.2, 0.25) is 0 Å². The lowest BCUT2D eigenvalue weighted by Crippen LogP contribution is -2.01. The zero-order valence-corrected chi connectivity index (χ0v) is 10.3. The lowest BCUT2D eigenvalue weighted by atomic mass is 10.3. The molecule has 0 radical (unpaired) electrons. The third kappa shape index (κ3) is 1.08. The van der Waals surface area contributed by atoms with Crippen LogP contribution in [0.5, 0.6) is 0 Å². The predicted octanol–water partition coefficient (Wildman–Crippen LogP) is 2.08. The topological polar surface area (TPSA) is 60.4 Å². The van der Waals surface area contributed by atoms with Crippen LogP contribution in [0.25, 0.3) is 33.6 Å². The van der Waals surface area contributed by atoms with Gasteiger partial charge in [0.15, 0.2) is 22.6 Å². The predicted molar refractivity (Wildman–Crippen MR) is 74.5 cm³/mol. The molecule has 0 amide bonds. The van der Waals surface area contributed by atoms with Gasteiger partial charge in [-0.3, -0.25) is 8.80 Å². The molecule has 0 unspecified atom stereocenters. The molecule has 6 heteroatoms. The molecule has 0 aliphatic carbocycles. The smallest absolute Gasteiger partial charge is 0.183 e. The fraction of sp³-hybridized carbons (Fsp3) is 0. The van der Waals surface area contributed by atoms with Crippen LogP contribution in [-0.4, -0.2) is 28.7 Å². The number of imidazole rings is 2. The second-order valence-corrected chi connectivity index (χ2v) is 4.60. The van der Waals surface area contributed by atoms with Crippen molar-refractivity contribution in [2.75, 3.05) is 0 Å². The highest BCUT2D eigenvalue weighted by Crippen LogP contribution is 2.20. The summed E-state index contributed by atoms with van der Waals surface area (Å²) in [4.78, 5) is 18.2. The van der Waals surface area contributed by atoms with Crippen molar-refractivity contribution in [2.45, 2.75) is 0 Å². The van der Waals surface area contributed by atoms with Crippen molar-refractivity contribution >= 4 is 33.6 Å². The van der Waals surface area contributed by atoms with Crippen molar-refractivity contribution in [1.82, 2.24) is 28.7 Å². The van der Waals surface area contributed by atoms with Crippen molar-refractivity contribution < 1.29 is 0 Å². The van der Waals surface area contributed by atoms with Crippen LogP contribution in [0.1, 0.15) is 0 Å². The van der Waals surface area contributed by atoms with E-state index in [0.29, 0.717) is 0 Å². The van der Waals surface area contributed by atoms with E-state index in [1.807, 2.05) is 45.5 Å². The molecule has 0 bridgehead atoms. The monoisotopic (exact) mass is 260 g/mol. The lowest BCUT2D eigenvalue weighted by Gasteiger charge is -2.06. The average Bonchev–Trinajstić information content (AvgIpc) is 3.14. The molecule has 5 rings (SSSR count). The summed E-state index contributed by atoms with van der Waals surface area (Å²) in [5, 5.41) is 0. The molecule has 0 spiro atoms. The van der Waals surface area contributed by atoms with E-state index in [-0.39, 0.29) is 0 Å². The van der Waals surface area contributed by atoms with Crippen molar-refractivity contribution in [2.24, 2.45) is 0 Å². The maximum Gasteiger partial charge on any atom is 0.183 e. The minimum Gasteiger partial charge on any atom is -0.278 e. The van der Waals surface area contributed by atoms with Crippen LogP contribution >= 0.6 is 0 Å². The first kappa shape index (κ1) is 9.85. The molecule has 0 aliphatic heterocycles. The Kier molecular flexibility index (Phi) is 1.62. The molecule has 0 atom stereocenters. The number of nitrogens with zero attached hydrogens (tertiary/aromatic N) is 6. The van der Waals surface area contributed by atoms with Gasteiger partial charge in [-0.1, -0.05) is 12.1 Å². The molecule has 20 heavy (non-hydrogen) atoms. The molecule has 0 fully saturated rings. The van der Waals surface area contributed by atoms with Gasteiger partial charge in [-0.2, -0.15) is 0 Å². The quantitative estimate of drug-likeness (QED) is 0.400. The number of hydrogen-bond donors (Lipinski definition) is 0. The molecule has 0 saturated heterocycles. The minimum absolute atomic E-state index is 0.779. The first-order valence-electron chi connectivity index (χ1n) is 6.26. The summed E-state index contributed by atoms with van der Waals surface area (Å²) in [7, 11) is 0.